The fraction of sp³-hybridized carbons (Fsp3) is 0.364. The highest BCUT2D eigenvalue weighted by Crippen LogP contribution is 2.28. The molecule has 0 aliphatic heterocycles. The molecule has 0 fully saturated rings. The van der Waals surface area contributed by atoms with Crippen LogP contribution >= 0.6 is 34.4 Å². The first-order chi connectivity index (χ1) is 6.92. The van der Waals surface area contributed by atoms with E-state index in [1.165, 1.54) is 15.3 Å². The van der Waals surface area contributed by atoms with Gasteiger partial charge in [-0.15, -0.1) is 11.8 Å². The Morgan fingerprint density at radius 2 is 1.93 bits per heavy atom. The van der Waals surface area contributed by atoms with E-state index in [2.05, 4.69) is 22.6 Å². The van der Waals surface area contributed by atoms with Gasteiger partial charge in [-0.1, -0.05) is 12.1 Å². The van der Waals surface area contributed by atoms with Crippen LogP contribution in [-0.2, 0) is 10.5 Å². The van der Waals surface area contributed by atoms with Crippen molar-refractivity contribution >= 4 is 40.3 Å². The summed E-state index contributed by atoms with van der Waals surface area (Å²) in [6.45, 7) is 3.46. The first-order valence-electron chi connectivity index (χ1n) is 4.53. The number of carboxylic acids is 1. The van der Waals surface area contributed by atoms with Crippen molar-refractivity contribution in [3.8, 4) is 0 Å². The summed E-state index contributed by atoms with van der Waals surface area (Å²) in [6.07, 6.45) is 0. The Morgan fingerprint density at radius 1 is 1.40 bits per heavy atom. The average Bonchev–Trinajstić information content (AvgIpc) is 2.17. The Kier molecular flexibility index (Phi) is 4.45. The number of hydrogen-bond acceptors (Lipinski definition) is 2. The summed E-state index contributed by atoms with van der Waals surface area (Å²) in [5.74, 6) is -0.0334. The van der Waals surface area contributed by atoms with E-state index in [1.807, 2.05) is 24.3 Å². The minimum absolute atomic E-state index is 0.719. The van der Waals surface area contributed by atoms with Crippen molar-refractivity contribution in [1.29, 1.82) is 0 Å². The third-order valence-corrected chi connectivity index (χ3v) is 4.12. The summed E-state index contributed by atoms with van der Waals surface area (Å²) in [4.78, 5) is 10.9. The zero-order chi connectivity index (χ0) is 11.5. The van der Waals surface area contributed by atoms with Crippen LogP contribution in [0.1, 0.15) is 19.4 Å². The smallest absolute Gasteiger partial charge is 0.319 e. The fourth-order valence-electron chi connectivity index (χ4n) is 0.906. The predicted octanol–water partition coefficient (Wildman–Crippen LogP) is 3.39. The number of carbonyl (C=O) groups is 1. The average molecular weight is 336 g/mol. The minimum atomic E-state index is -0.766. The molecule has 0 bridgehead atoms. The van der Waals surface area contributed by atoms with Crippen molar-refractivity contribution in [2.75, 3.05) is 0 Å². The lowest BCUT2D eigenvalue weighted by atomic mass is 10.2. The van der Waals surface area contributed by atoms with Crippen LogP contribution in [0.2, 0.25) is 0 Å². The van der Waals surface area contributed by atoms with E-state index in [9.17, 15) is 4.79 Å². The highest BCUT2D eigenvalue weighted by molar-refractivity contribution is 14.1. The molecule has 4 heteroatoms. The SMILES string of the molecule is CC(C)(SCc1ccc(I)cc1)C(=O)O. The Bertz CT molecular complexity index is 346. The van der Waals surface area contributed by atoms with E-state index >= 15 is 0 Å². The summed E-state index contributed by atoms with van der Waals surface area (Å²) in [5, 5.41) is 8.94. The molecule has 1 aromatic rings. The molecule has 1 N–H and O–H groups in total. The molecule has 2 nitrogen and oxygen atoms in total. The summed E-state index contributed by atoms with van der Waals surface area (Å²) in [6, 6.07) is 8.13. The lowest BCUT2D eigenvalue weighted by molar-refractivity contribution is -0.138. The topological polar surface area (TPSA) is 37.3 Å². The lowest BCUT2D eigenvalue weighted by Gasteiger charge is -2.18. The molecule has 0 aromatic heterocycles. The van der Waals surface area contributed by atoms with Crippen molar-refractivity contribution in [2.45, 2.75) is 24.3 Å². The Morgan fingerprint density at radius 3 is 2.40 bits per heavy atom. The van der Waals surface area contributed by atoms with Crippen molar-refractivity contribution in [3.05, 3.63) is 33.4 Å². The molecule has 15 heavy (non-hydrogen) atoms. The van der Waals surface area contributed by atoms with Gasteiger partial charge in [0.05, 0.1) is 0 Å². The van der Waals surface area contributed by atoms with Gasteiger partial charge in [0.2, 0.25) is 0 Å². The van der Waals surface area contributed by atoms with Gasteiger partial charge in [0.25, 0.3) is 0 Å². The summed E-state index contributed by atoms with van der Waals surface area (Å²) in [7, 11) is 0. The molecular weight excluding hydrogens is 323 g/mol. The maximum absolute atomic E-state index is 10.9. The lowest BCUT2D eigenvalue weighted by Crippen LogP contribution is -2.27. The maximum atomic E-state index is 10.9. The van der Waals surface area contributed by atoms with Crippen LogP contribution in [-0.4, -0.2) is 15.8 Å². The van der Waals surface area contributed by atoms with Gasteiger partial charge in [0, 0.05) is 9.32 Å². The number of aliphatic carboxylic acids is 1. The monoisotopic (exact) mass is 336 g/mol. The molecule has 0 heterocycles. The molecule has 0 saturated carbocycles. The number of halogens is 1. The van der Waals surface area contributed by atoms with Crippen LogP contribution in [0.25, 0.3) is 0 Å². The molecule has 1 aromatic carbocycles. The van der Waals surface area contributed by atoms with Gasteiger partial charge < -0.3 is 5.11 Å². The second-order valence-corrected chi connectivity index (χ2v) is 6.57. The summed E-state index contributed by atoms with van der Waals surface area (Å²) >= 11 is 3.69. The van der Waals surface area contributed by atoms with Crippen LogP contribution in [0.5, 0.6) is 0 Å². The number of hydrogen-bond donors (Lipinski definition) is 1. The molecule has 0 unspecified atom stereocenters. The Hall–Kier alpha value is -0.230. The molecule has 0 aliphatic rings. The normalized spacial score (nSPS) is 11.4. The van der Waals surface area contributed by atoms with Crippen molar-refractivity contribution < 1.29 is 9.90 Å². The summed E-state index contributed by atoms with van der Waals surface area (Å²) < 4.78 is 0.474. The van der Waals surface area contributed by atoms with Crippen molar-refractivity contribution in [3.63, 3.8) is 0 Å². The number of carboxylic acid groups (broad SMARTS) is 1. The Labute approximate surface area is 108 Å². The van der Waals surface area contributed by atoms with Crippen LogP contribution in [0, 0.1) is 3.57 Å². The molecule has 0 aliphatic carbocycles. The highest BCUT2D eigenvalue weighted by atomic mass is 127. The number of rotatable bonds is 4. The first kappa shape index (κ1) is 12.8. The molecule has 0 saturated heterocycles. The molecule has 0 atom stereocenters. The molecule has 82 valence electrons. The number of benzene rings is 1. The Balaban J connectivity index is 2.57. The minimum Gasteiger partial charge on any atom is -0.480 e. The molecule has 1 rings (SSSR count). The van der Waals surface area contributed by atoms with E-state index in [4.69, 9.17) is 5.11 Å². The van der Waals surface area contributed by atoms with Crippen LogP contribution in [0.3, 0.4) is 0 Å². The quantitative estimate of drug-likeness (QED) is 0.857. The highest BCUT2D eigenvalue weighted by Gasteiger charge is 2.27. The van der Waals surface area contributed by atoms with Crippen molar-refractivity contribution in [1.82, 2.24) is 0 Å². The van der Waals surface area contributed by atoms with Gasteiger partial charge >= 0.3 is 5.97 Å². The van der Waals surface area contributed by atoms with Crippen LogP contribution in [0.15, 0.2) is 24.3 Å². The van der Waals surface area contributed by atoms with E-state index < -0.39 is 10.7 Å². The standard InChI is InChI=1S/C11H13IO2S/c1-11(2,10(13)14)15-7-8-3-5-9(12)6-4-8/h3-6H,7H2,1-2H3,(H,13,14). The summed E-state index contributed by atoms with van der Waals surface area (Å²) in [5.41, 5.74) is 1.16. The number of thioether (sulfide) groups is 1. The van der Waals surface area contributed by atoms with E-state index in [0.29, 0.717) is 0 Å². The van der Waals surface area contributed by atoms with E-state index in [-0.39, 0.29) is 0 Å². The van der Waals surface area contributed by atoms with Gasteiger partial charge in [-0.2, -0.15) is 0 Å². The molecule has 0 spiro atoms. The second-order valence-electron chi connectivity index (χ2n) is 3.73. The van der Waals surface area contributed by atoms with Gasteiger partial charge in [0.15, 0.2) is 0 Å². The maximum Gasteiger partial charge on any atom is 0.319 e. The van der Waals surface area contributed by atoms with E-state index in [0.717, 1.165) is 11.3 Å². The predicted molar refractivity (Wildman–Crippen MR) is 72.2 cm³/mol. The van der Waals surface area contributed by atoms with Crippen LogP contribution < -0.4 is 0 Å². The van der Waals surface area contributed by atoms with Crippen LogP contribution in [0.4, 0.5) is 0 Å². The van der Waals surface area contributed by atoms with Gasteiger partial charge in [-0.3, -0.25) is 4.79 Å². The van der Waals surface area contributed by atoms with Crippen molar-refractivity contribution in [2.24, 2.45) is 0 Å². The van der Waals surface area contributed by atoms with Gasteiger partial charge in [-0.05, 0) is 54.1 Å². The molecular formula is C11H13IO2S. The van der Waals surface area contributed by atoms with Gasteiger partial charge in [0.1, 0.15) is 4.75 Å². The third-order valence-electron chi connectivity index (χ3n) is 2.03. The zero-order valence-corrected chi connectivity index (χ0v) is 11.6. The van der Waals surface area contributed by atoms with Gasteiger partial charge in [-0.25, -0.2) is 0 Å². The molecule has 0 amide bonds. The second kappa shape index (κ2) is 5.21. The van der Waals surface area contributed by atoms with E-state index in [1.54, 1.807) is 13.8 Å². The largest absolute Gasteiger partial charge is 0.480 e. The fourth-order valence-corrected chi connectivity index (χ4v) is 2.11. The zero-order valence-electron chi connectivity index (χ0n) is 8.66. The first-order valence-corrected chi connectivity index (χ1v) is 6.60. The molecule has 0 radical (unpaired) electrons. The third kappa shape index (κ3) is 4.03.